The Morgan fingerprint density at radius 1 is 0.535 bits per heavy atom. The minimum atomic E-state index is -1.47. The third-order valence-corrected chi connectivity index (χ3v) is 9.24. The van der Waals surface area contributed by atoms with Crippen LogP contribution in [0.25, 0.3) is 0 Å². The van der Waals surface area contributed by atoms with E-state index in [1.807, 2.05) is 0 Å². The number of carbonyl (C=O) groups excluding carboxylic acids is 1. The molecule has 1 aliphatic rings. The molecule has 1 amide bonds. The van der Waals surface area contributed by atoms with Crippen molar-refractivity contribution in [2.75, 3.05) is 13.2 Å². The number of carbonyl (C=O) groups is 1. The Balaban J connectivity index is 2.33. The number of nitrogens with zero attached hydrogens (tertiary/aromatic N) is 1. The Hall–Kier alpha value is -0.730. The van der Waals surface area contributed by atoms with E-state index in [4.69, 9.17) is 4.74 Å². The molecule has 1 rings (SSSR count). The Morgan fingerprint density at radius 2 is 0.907 bits per heavy atom. The highest BCUT2D eigenvalue weighted by Gasteiger charge is 2.46. The highest BCUT2D eigenvalue weighted by atomic mass is 16.6. The summed E-state index contributed by atoms with van der Waals surface area (Å²) in [5.74, 6) is -0.0896. The zero-order chi connectivity index (χ0) is 31.5. The molecule has 1 saturated heterocycles. The number of rotatable bonds is 29. The molecule has 0 spiro atoms. The van der Waals surface area contributed by atoms with Crippen LogP contribution in [0.15, 0.2) is 0 Å². The summed E-state index contributed by atoms with van der Waals surface area (Å²) in [5, 5.41) is 40.9. The summed E-state index contributed by atoms with van der Waals surface area (Å²) in [4.78, 5) is 14.9. The van der Waals surface area contributed by atoms with Gasteiger partial charge in [0, 0.05) is 13.0 Å². The first-order chi connectivity index (χ1) is 21.0. The van der Waals surface area contributed by atoms with E-state index in [9.17, 15) is 25.2 Å². The Morgan fingerprint density at radius 3 is 1.30 bits per heavy atom. The zero-order valence-corrected chi connectivity index (χ0v) is 28.2. The lowest BCUT2D eigenvalue weighted by Crippen LogP contribution is -2.64. The van der Waals surface area contributed by atoms with Crippen molar-refractivity contribution in [3.63, 3.8) is 0 Å². The fourth-order valence-electron chi connectivity index (χ4n) is 6.29. The fraction of sp³-hybridized carbons (Fsp3) is 0.972. The monoisotopic (exact) mass is 614 g/mol. The predicted octanol–water partition coefficient (Wildman–Crippen LogP) is 7.80. The van der Waals surface area contributed by atoms with Gasteiger partial charge < -0.3 is 30.1 Å². The van der Waals surface area contributed by atoms with Crippen LogP contribution in [-0.2, 0) is 9.53 Å². The van der Waals surface area contributed by atoms with Crippen molar-refractivity contribution in [2.45, 2.75) is 211 Å². The molecule has 0 aromatic rings. The van der Waals surface area contributed by atoms with Crippen LogP contribution in [0.1, 0.15) is 181 Å². The molecular formula is C36H71NO6. The average molecular weight is 614 g/mol. The van der Waals surface area contributed by atoms with Gasteiger partial charge in [0.15, 0.2) is 6.23 Å². The number of ether oxygens (including phenoxy) is 1. The highest BCUT2D eigenvalue weighted by Crippen LogP contribution is 2.25. The van der Waals surface area contributed by atoms with Gasteiger partial charge in [-0.3, -0.25) is 4.79 Å². The third-order valence-electron chi connectivity index (χ3n) is 9.24. The van der Waals surface area contributed by atoms with Gasteiger partial charge in [0.05, 0.1) is 6.61 Å². The molecule has 0 aliphatic carbocycles. The second-order valence-electron chi connectivity index (χ2n) is 13.2. The van der Waals surface area contributed by atoms with E-state index in [1.165, 1.54) is 122 Å². The maximum Gasteiger partial charge on any atom is 0.224 e. The van der Waals surface area contributed by atoms with Gasteiger partial charge in [0.2, 0.25) is 5.91 Å². The van der Waals surface area contributed by atoms with E-state index < -0.39 is 37.3 Å². The molecule has 5 atom stereocenters. The number of amides is 1. The standard InChI is InChI=1S/C36H71NO6/c1-3-5-7-9-11-13-14-15-16-17-18-19-21-23-25-27-29-37(36-35(42)34(41)33(40)31(30-38)43-36)32(39)28-26-24-22-20-12-10-8-6-4-2/h31,33-36,38,40-42H,3-30H2,1-2H3/t31-,33-,34+,35-,36-/m1/s1. The molecule has 0 unspecified atom stereocenters. The third kappa shape index (κ3) is 18.7. The highest BCUT2D eigenvalue weighted by molar-refractivity contribution is 5.76. The summed E-state index contributed by atoms with van der Waals surface area (Å²) in [6, 6.07) is 0. The van der Waals surface area contributed by atoms with E-state index in [1.54, 1.807) is 4.90 Å². The molecule has 43 heavy (non-hydrogen) atoms. The summed E-state index contributed by atoms with van der Waals surface area (Å²) in [7, 11) is 0. The van der Waals surface area contributed by atoms with Crippen molar-refractivity contribution in [3.8, 4) is 0 Å². The number of hydrogen-bond donors (Lipinski definition) is 4. The Kier molecular flexibility index (Phi) is 25.8. The molecule has 1 aliphatic heterocycles. The van der Waals surface area contributed by atoms with E-state index in [0.29, 0.717) is 13.0 Å². The predicted molar refractivity (Wildman–Crippen MR) is 177 cm³/mol. The smallest absolute Gasteiger partial charge is 0.224 e. The topological polar surface area (TPSA) is 110 Å². The first-order valence-electron chi connectivity index (χ1n) is 18.6. The molecule has 7 nitrogen and oxygen atoms in total. The summed E-state index contributed by atoms with van der Waals surface area (Å²) in [6.45, 7) is 4.45. The Labute approximate surface area is 265 Å². The van der Waals surface area contributed by atoms with Gasteiger partial charge in [0.1, 0.15) is 24.4 Å². The van der Waals surface area contributed by atoms with Crippen LogP contribution in [0.4, 0.5) is 0 Å². The van der Waals surface area contributed by atoms with E-state index in [2.05, 4.69) is 13.8 Å². The SMILES string of the molecule is CCCCCCCCCCCCCCCCCCN(C(=O)CCCCCCCCCCC)[C@@H]1O[C@H](CO)[C@@H](O)[C@H](O)[C@H]1O. The first-order valence-corrected chi connectivity index (χ1v) is 18.6. The second-order valence-corrected chi connectivity index (χ2v) is 13.2. The number of aliphatic hydroxyl groups is 4. The first kappa shape index (κ1) is 40.3. The van der Waals surface area contributed by atoms with Crippen molar-refractivity contribution >= 4 is 5.91 Å². The van der Waals surface area contributed by atoms with Gasteiger partial charge in [-0.15, -0.1) is 0 Å². The van der Waals surface area contributed by atoms with Crippen LogP contribution in [0.2, 0.25) is 0 Å². The van der Waals surface area contributed by atoms with Crippen LogP contribution in [0.5, 0.6) is 0 Å². The lowest BCUT2D eigenvalue weighted by molar-refractivity contribution is -0.262. The molecular weight excluding hydrogens is 542 g/mol. The molecule has 0 aromatic heterocycles. The van der Waals surface area contributed by atoms with Crippen molar-refractivity contribution in [1.82, 2.24) is 4.90 Å². The molecule has 0 radical (unpaired) electrons. The maximum absolute atomic E-state index is 13.3. The van der Waals surface area contributed by atoms with Crippen molar-refractivity contribution in [3.05, 3.63) is 0 Å². The molecule has 4 N–H and O–H groups in total. The minimum absolute atomic E-state index is 0.0896. The number of aliphatic hydroxyl groups excluding tert-OH is 4. The molecule has 1 fully saturated rings. The molecule has 256 valence electrons. The zero-order valence-electron chi connectivity index (χ0n) is 28.2. The van der Waals surface area contributed by atoms with Crippen LogP contribution in [0, 0.1) is 0 Å². The number of hydrogen-bond acceptors (Lipinski definition) is 6. The van der Waals surface area contributed by atoms with E-state index in [-0.39, 0.29) is 5.91 Å². The second kappa shape index (κ2) is 27.6. The van der Waals surface area contributed by atoms with E-state index in [0.717, 1.165) is 38.5 Å². The number of unbranched alkanes of at least 4 members (excludes halogenated alkanes) is 23. The molecule has 0 bridgehead atoms. The lowest BCUT2D eigenvalue weighted by atomic mass is 9.97. The van der Waals surface area contributed by atoms with Gasteiger partial charge >= 0.3 is 0 Å². The molecule has 1 heterocycles. The van der Waals surface area contributed by atoms with Gasteiger partial charge in [-0.1, -0.05) is 162 Å². The van der Waals surface area contributed by atoms with Gasteiger partial charge in [-0.25, -0.2) is 0 Å². The summed E-state index contributed by atoms with van der Waals surface area (Å²) in [6.07, 6.45) is 25.0. The summed E-state index contributed by atoms with van der Waals surface area (Å²) < 4.78 is 5.78. The van der Waals surface area contributed by atoms with Crippen LogP contribution < -0.4 is 0 Å². The Bertz CT molecular complexity index is 633. The molecule has 0 aromatic carbocycles. The van der Waals surface area contributed by atoms with Crippen molar-refractivity contribution in [2.24, 2.45) is 0 Å². The summed E-state index contributed by atoms with van der Waals surface area (Å²) in [5.41, 5.74) is 0. The minimum Gasteiger partial charge on any atom is -0.394 e. The molecule has 7 heteroatoms. The van der Waals surface area contributed by atoms with Crippen molar-refractivity contribution < 1.29 is 30.0 Å². The fourth-order valence-corrected chi connectivity index (χ4v) is 6.29. The van der Waals surface area contributed by atoms with Gasteiger partial charge in [0.25, 0.3) is 0 Å². The van der Waals surface area contributed by atoms with Gasteiger partial charge in [-0.05, 0) is 12.8 Å². The maximum atomic E-state index is 13.3. The van der Waals surface area contributed by atoms with Crippen LogP contribution in [-0.4, -0.2) is 75.0 Å². The van der Waals surface area contributed by atoms with Crippen molar-refractivity contribution in [1.29, 1.82) is 0 Å². The largest absolute Gasteiger partial charge is 0.394 e. The quantitative estimate of drug-likeness (QED) is 0.0641. The summed E-state index contributed by atoms with van der Waals surface area (Å²) >= 11 is 0. The lowest BCUT2D eigenvalue weighted by Gasteiger charge is -2.44. The van der Waals surface area contributed by atoms with Crippen LogP contribution >= 0.6 is 0 Å². The van der Waals surface area contributed by atoms with Gasteiger partial charge in [-0.2, -0.15) is 0 Å². The van der Waals surface area contributed by atoms with Crippen LogP contribution in [0.3, 0.4) is 0 Å². The average Bonchev–Trinajstić information content (AvgIpc) is 3.01. The normalized spacial score (nSPS) is 22.2. The van der Waals surface area contributed by atoms with E-state index >= 15 is 0 Å². The molecule has 0 saturated carbocycles.